The second-order valence-electron chi connectivity index (χ2n) is 13.7. The minimum absolute atomic E-state index is 0.628. The van der Waals surface area contributed by atoms with Gasteiger partial charge in [0.05, 0.1) is 11.0 Å². The van der Waals surface area contributed by atoms with Crippen LogP contribution >= 0.6 is 0 Å². The van der Waals surface area contributed by atoms with Crippen LogP contribution in [0.25, 0.3) is 95.0 Å². The zero-order valence-electron chi connectivity index (χ0n) is 29.9. The normalized spacial score (nSPS) is 11.3. The van der Waals surface area contributed by atoms with Crippen molar-refractivity contribution < 1.29 is 0 Å². The largest absolute Gasteiger partial charge is 0.309 e. The molecule has 0 bridgehead atoms. The Hall–Kier alpha value is -7.43. The number of rotatable bonds is 7. The van der Waals surface area contributed by atoms with Crippen LogP contribution < -0.4 is 0 Å². The third kappa shape index (κ3) is 6.06. The lowest BCUT2D eigenvalue weighted by molar-refractivity contribution is 1.07. The Morgan fingerprint density at radius 2 is 0.745 bits per heavy atom. The Morgan fingerprint density at radius 1 is 0.273 bits per heavy atom. The molecule has 0 saturated carbocycles. The van der Waals surface area contributed by atoms with Crippen LogP contribution in [-0.2, 0) is 0 Å². The van der Waals surface area contributed by atoms with Crippen molar-refractivity contribution in [2.75, 3.05) is 0 Å². The third-order valence-corrected chi connectivity index (χ3v) is 10.3. The van der Waals surface area contributed by atoms with Crippen molar-refractivity contribution in [2.45, 2.75) is 0 Å². The summed E-state index contributed by atoms with van der Waals surface area (Å²) in [7, 11) is 0. The van der Waals surface area contributed by atoms with Gasteiger partial charge in [0.25, 0.3) is 0 Å². The van der Waals surface area contributed by atoms with Crippen LogP contribution in [0.5, 0.6) is 0 Å². The predicted octanol–water partition coefficient (Wildman–Crippen LogP) is 13.0. The minimum Gasteiger partial charge on any atom is -0.309 e. The molecule has 0 saturated heterocycles. The Kier molecular flexibility index (Phi) is 8.12. The van der Waals surface area contributed by atoms with Gasteiger partial charge < -0.3 is 4.57 Å². The minimum atomic E-state index is 0.628. The van der Waals surface area contributed by atoms with E-state index in [2.05, 4.69) is 150 Å². The Labute approximate surface area is 319 Å². The lowest BCUT2D eigenvalue weighted by atomic mass is 9.92. The Morgan fingerprint density at radius 3 is 1.44 bits per heavy atom. The summed E-state index contributed by atoms with van der Waals surface area (Å²) in [5.74, 6) is 1.92. The fourth-order valence-electron chi connectivity index (χ4n) is 7.62. The smallest absolute Gasteiger partial charge is 0.164 e. The molecule has 8 aromatic carbocycles. The van der Waals surface area contributed by atoms with Gasteiger partial charge in [-0.2, -0.15) is 0 Å². The molecule has 0 aliphatic carbocycles. The monoisotopic (exact) mass is 702 g/mol. The van der Waals surface area contributed by atoms with Crippen molar-refractivity contribution in [3.63, 3.8) is 0 Å². The fourth-order valence-corrected chi connectivity index (χ4v) is 7.62. The Bertz CT molecular complexity index is 2910. The van der Waals surface area contributed by atoms with E-state index in [4.69, 9.17) is 15.0 Å². The van der Waals surface area contributed by atoms with Crippen molar-refractivity contribution in [3.8, 4) is 73.2 Å². The molecule has 0 fully saturated rings. The lowest BCUT2D eigenvalue weighted by Gasteiger charge is -2.13. The van der Waals surface area contributed by atoms with Gasteiger partial charge in [0.15, 0.2) is 17.5 Å². The molecule has 2 aromatic heterocycles. The molecule has 4 heteroatoms. The summed E-state index contributed by atoms with van der Waals surface area (Å²) < 4.78 is 2.36. The second-order valence-corrected chi connectivity index (χ2v) is 13.7. The zero-order valence-corrected chi connectivity index (χ0v) is 29.9. The number of hydrogen-bond acceptors (Lipinski definition) is 3. The van der Waals surface area contributed by atoms with Gasteiger partial charge in [0, 0.05) is 33.2 Å². The van der Waals surface area contributed by atoms with Crippen molar-refractivity contribution >= 4 is 21.8 Å². The highest BCUT2D eigenvalue weighted by Gasteiger charge is 2.17. The van der Waals surface area contributed by atoms with E-state index in [1.54, 1.807) is 0 Å². The van der Waals surface area contributed by atoms with Gasteiger partial charge in [-0.05, 0) is 63.7 Å². The summed E-state index contributed by atoms with van der Waals surface area (Å²) in [6.45, 7) is 0. The van der Waals surface area contributed by atoms with E-state index in [1.165, 1.54) is 38.6 Å². The summed E-state index contributed by atoms with van der Waals surface area (Å²) in [6, 6.07) is 72.4. The van der Waals surface area contributed by atoms with E-state index in [0.717, 1.165) is 39.0 Å². The van der Waals surface area contributed by atoms with Gasteiger partial charge in [-0.15, -0.1) is 0 Å². The standard InChI is InChI=1S/C51H34N4/c1-4-16-35(17-5-1)43-26-10-11-27-44(43)40-23-14-22-38(32-40)39-30-31-46-45-28-12-13-29-47(45)55(48(46)34-39)42-25-15-24-41(33-42)51-53-49(36-18-6-2-7-19-36)52-50(54-51)37-20-8-3-9-21-37/h1-34H. The summed E-state index contributed by atoms with van der Waals surface area (Å²) in [4.78, 5) is 15.0. The highest BCUT2D eigenvalue weighted by molar-refractivity contribution is 6.10. The number of para-hydroxylation sites is 1. The molecule has 0 unspecified atom stereocenters. The van der Waals surface area contributed by atoms with E-state index in [9.17, 15) is 0 Å². The first kappa shape index (κ1) is 32.2. The van der Waals surface area contributed by atoms with Crippen LogP contribution in [0.3, 0.4) is 0 Å². The summed E-state index contributed by atoms with van der Waals surface area (Å²) in [5.41, 5.74) is 13.3. The van der Waals surface area contributed by atoms with Crippen molar-refractivity contribution in [1.29, 1.82) is 0 Å². The zero-order chi connectivity index (χ0) is 36.6. The maximum Gasteiger partial charge on any atom is 0.164 e. The summed E-state index contributed by atoms with van der Waals surface area (Å²) in [5, 5.41) is 2.41. The number of hydrogen-bond donors (Lipinski definition) is 0. The van der Waals surface area contributed by atoms with Crippen LogP contribution in [0.15, 0.2) is 206 Å². The van der Waals surface area contributed by atoms with Gasteiger partial charge in [-0.25, -0.2) is 15.0 Å². The summed E-state index contributed by atoms with van der Waals surface area (Å²) >= 11 is 0. The van der Waals surface area contributed by atoms with E-state index in [1.807, 2.05) is 60.7 Å². The molecule has 0 spiro atoms. The van der Waals surface area contributed by atoms with E-state index < -0.39 is 0 Å². The van der Waals surface area contributed by atoms with E-state index >= 15 is 0 Å². The molecule has 10 rings (SSSR count). The number of aromatic nitrogens is 4. The maximum absolute atomic E-state index is 5.03. The van der Waals surface area contributed by atoms with Crippen LogP contribution in [0, 0.1) is 0 Å². The number of nitrogens with zero attached hydrogens (tertiary/aromatic N) is 4. The molecule has 258 valence electrons. The van der Waals surface area contributed by atoms with Gasteiger partial charge in [-0.3, -0.25) is 0 Å². The van der Waals surface area contributed by atoms with Gasteiger partial charge in [-0.1, -0.05) is 176 Å². The summed E-state index contributed by atoms with van der Waals surface area (Å²) in [6.07, 6.45) is 0. The fraction of sp³-hybridized carbons (Fsp3) is 0. The number of benzene rings is 8. The third-order valence-electron chi connectivity index (χ3n) is 10.3. The topological polar surface area (TPSA) is 43.6 Å². The maximum atomic E-state index is 5.03. The highest BCUT2D eigenvalue weighted by atomic mass is 15.0. The quantitative estimate of drug-likeness (QED) is 0.166. The van der Waals surface area contributed by atoms with Crippen molar-refractivity contribution in [2.24, 2.45) is 0 Å². The molecule has 0 radical (unpaired) electrons. The first-order valence-corrected chi connectivity index (χ1v) is 18.5. The van der Waals surface area contributed by atoms with Crippen LogP contribution in [-0.4, -0.2) is 19.5 Å². The van der Waals surface area contributed by atoms with Gasteiger partial charge >= 0.3 is 0 Å². The van der Waals surface area contributed by atoms with Crippen LogP contribution in [0.2, 0.25) is 0 Å². The lowest BCUT2D eigenvalue weighted by Crippen LogP contribution is -2.01. The molecule has 0 N–H and O–H groups in total. The first-order chi connectivity index (χ1) is 27.3. The highest BCUT2D eigenvalue weighted by Crippen LogP contribution is 2.38. The molecular formula is C51H34N4. The average Bonchev–Trinajstić information content (AvgIpc) is 3.61. The van der Waals surface area contributed by atoms with Gasteiger partial charge in [0.2, 0.25) is 0 Å². The van der Waals surface area contributed by atoms with Crippen LogP contribution in [0.1, 0.15) is 0 Å². The van der Waals surface area contributed by atoms with Crippen LogP contribution in [0.4, 0.5) is 0 Å². The van der Waals surface area contributed by atoms with E-state index in [-0.39, 0.29) is 0 Å². The molecule has 55 heavy (non-hydrogen) atoms. The SMILES string of the molecule is c1ccc(-c2nc(-c3ccccc3)nc(-c3cccc(-n4c5ccccc5c5ccc(-c6cccc(-c7ccccc7-c7ccccc7)c6)cc54)c3)n2)cc1. The molecule has 0 atom stereocenters. The molecule has 10 aromatic rings. The Balaban J connectivity index is 1.11. The first-order valence-electron chi connectivity index (χ1n) is 18.5. The average molecular weight is 703 g/mol. The molecule has 0 amide bonds. The number of fused-ring (bicyclic) bond motifs is 3. The predicted molar refractivity (Wildman–Crippen MR) is 227 cm³/mol. The molecule has 0 aliphatic rings. The van der Waals surface area contributed by atoms with Gasteiger partial charge in [0.1, 0.15) is 0 Å². The molecule has 0 aliphatic heterocycles. The van der Waals surface area contributed by atoms with Crippen molar-refractivity contribution in [1.82, 2.24) is 19.5 Å². The molecule has 2 heterocycles. The van der Waals surface area contributed by atoms with Crippen molar-refractivity contribution in [3.05, 3.63) is 206 Å². The molecule has 4 nitrogen and oxygen atoms in total. The molecular weight excluding hydrogens is 669 g/mol. The second kappa shape index (κ2) is 13.8. The van der Waals surface area contributed by atoms with E-state index in [0.29, 0.717) is 17.5 Å².